The minimum Gasteiger partial charge on any atom is -0.478 e. The van der Waals surface area contributed by atoms with Crippen molar-refractivity contribution in [3.63, 3.8) is 0 Å². The largest absolute Gasteiger partial charge is 0.478 e. The van der Waals surface area contributed by atoms with Gasteiger partial charge in [-0.3, -0.25) is 4.85 Å². The summed E-state index contributed by atoms with van der Waals surface area (Å²) in [5.41, 5.74) is -0.160. The molecule has 3 aromatic carbocycles. The lowest BCUT2D eigenvalue weighted by molar-refractivity contribution is 0.0681. The van der Waals surface area contributed by atoms with E-state index in [0.717, 1.165) is 12.1 Å². The number of aromatic carboxylic acids is 2. The van der Waals surface area contributed by atoms with Gasteiger partial charge in [0.05, 0.1) is 26.7 Å². The lowest BCUT2D eigenvalue weighted by Crippen LogP contribution is -2.23. The maximum Gasteiger partial charge on any atom is 0.336 e. The highest BCUT2D eigenvalue weighted by atomic mass is 35.5. The maximum absolute atomic E-state index is 12.2. The first-order chi connectivity index (χ1) is 18.1. The normalized spacial score (nSPS) is 11.8. The van der Waals surface area contributed by atoms with Crippen LogP contribution in [0, 0.1) is 40.6 Å². The van der Waals surface area contributed by atoms with Crippen LogP contribution >= 0.6 is 23.2 Å². The third-order valence-electron chi connectivity index (χ3n) is 5.73. The van der Waals surface area contributed by atoms with Crippen LogP contribution in [-0.4, -0.2) is 22.2 Å². The van der Waals surface area contributed by atoms with E-state index in [-0.39, 0.29) is 70.9 Å². The molecule has 0 fully saturated rings. The van der Waals surface area contributed by atoms with Crippen LogP contribution in [0.4, 0.5) is 0 Å². The predicted octanol–water partition coefficient (Wildman–Crippen LogP) is 4.42. The SMILES string of the molecule is [C-]#[N+]C(C#N)c1cc2c(cc1Cl)C(c1cc(C(=O)O)ccc1C(=O)O)=c1cc(Cl)c(=C(C#N)C#N)cc1O2. The smallest absolute Gasteiger partial charge is 0.336 e. The zero-order valence-electron chi connectivity index (χ0n) is 18.8. The predicted molar refractivity (Wildman–Crippen MR) is 134 cm³/mol. The molecule has 0 amide bonds. The van der Waals surface area contributed by atoms with Crippen LogP contribution in [0.15, 0.2) is 42.5 Å². The summed E-state index contributed by atoms with van der Waals surface area (Å²) >= 11 is 12.9. The van der Waals surface area contributed by atoms with Crippen molar-refractivity contribution < 1.29 is 24.5 Å². The van der Waals surface area contributed by atoms with Crippen LogP contribution < -0.4 is 15.2 Å². The molecule has 9 nitrogen and oxygen atoms in total. The Balaban J connectivity index is 2.25. The van der Waals surface area contributed by atoms with Gasteiger partial charge in [0.2, 0.25) is 0 Å². The summed E-state index contributed by atoms with van der Waals surface area (Å²) in [7, 11) is 0. The van der Waals surface area contributed by atoms with Gasteiger partial charge in [-0.05, 0) is 48.0 Å². The number of nitriles is 3. The molecule has 0 radical (unpaired) electrons. The van der Waals surface area contributed by atoms with E-state index in [2.05, 4.69) is 4.85 Å². The van der Waals surface area contributed by atoms with Crippen LogP contribution in [0.3, 0.4) is 0 Å². The Kier molecular flexibility index (Phi) is 6.76. The highest BCUT2D eigenvalue weighted by molar-refractivity contribution is 6.32. The molecular formula is C27H10Cl2N4O5. The number of halogens is 2. The fourth-order valence-electron chi connectivity index (χ4n) is 4.02. The van der Waals surface area contributed by atoms with Gasteiger partial charge in [0.25, 0.3) is 0 Å². The van der Waals surface area contributed by atoms with E-state index < -0.39 is 18.0 Å². The zero-order chi connectivity index (χ0) is 27.7. The molecule has 0 spiro atoms. The average molecular weight is 541 g/mol. The quantitative estimate of drug-likeness (QED) is 0.359. The molecule has 1 heterocycles. The Morgan fingerprint density at radius 3 is 2.21 bits per heavy atom. The first-order valence-corrected chi connectivity index (χ1v) is 11.2. The second kappa shape index (κ2) is 9.97. The number of rotatable bonds is 4. The topological polar surface area (TPSA) is 160 Å². The summed E-state index contributed by atoms with van der Waals surface area (Å²) in [5.74, 6) is -2.49. The molecule has 0 saturated heterocycles. The first kappa shape index (κ1) is 25.8. The van der Waals surface area contributed by atoms with Crippen molar-refractivity contribution in [3.8, 4) is 29.7 Å². The van der Waals surface area contributed by atoms with Crippen LogP contribution in [0.2, 0.25) is 10.0 Å². The number of fused-ring (bicyclic) bond motifs is 2. The van der Waals surface area contributed by atoms with Crippen LogP contribution in [-0.2, 0) is 0 Å². The summed E-state index contributed by atoms with van der Waals surface area (Å²) < 4.78 is 6.03. The number of ether oxygens (including phenoxy) is 1. The van der Waals surface area contributed by atoms with Crippen molar-refractivity contribution in [1.82, 2.24) is 0 Å². The van der Waals surface area contributed by atoms with E-state index in [4.69, 9.17) is 34.5 Å². The molecule has 1 aliphatic heterocycles. The lowest BCUT2D eigenvalue weighted by atomic mass is 9.87. The second-order valence-electron chi connectivity index (χ2n) is 7.81. The van der Waals surface area contributed by atoms with Gasteiger partial charge in [0.15, 0.2) is 6.07 Å². The third kappa shape index (κ3) is 4.26. The Morgan fingerprint density at radius 1 is 0.921 bits per heavy atom. The molecule has 38 heavy (non-hydrogen) atoms. The van der Waals surface area contributed by atoms with Crippen LogP contribution in [0.25, 0.3) is 16.0 Å². The molecule has 4 rings (SSSR count). The van der Waals surface area contributed by atoms with E-state index in [0.29, 0.717) is 0 Å². The number of hydrogen-bond acceptors (Lipinski definition) is 6. The molecule has 2 N–H and O–H groups in total. The van der Waals surface area contributed by atoms with Crippen molar-refractivity contribution >= 4 is 46.3 Å². The minimum absolute atomic E-state index is 0.00242. The molecule has 11 heteroatoms. The van der Waals surface area contributed by atoms with E-state index in [1.807, 2.05) is 6.07 Å². The van der Waals surface area contributed by atoms with E-state index in [1.54, 1.807) is 12.1 Å². The van der Waals surface area contributed by atoms with Crippen molar-refractivity contribution in [2.24, 2.45) is 0 Å². The molecule has 0 aromatic heterocycles. The number of carboxylic acid groups (broad SMARTS) is 2. The number of benzene rings is 3. The lowest BCUT2D eigenvalue weighted by Gasteiger charge is -2.23. The first-order valence-electron chi connectivity index (χ1n) is 10.4. The summed E-state index contributed by atoms with van der Waals surface area (Å²) in [6, 6.07) is 13.0. The van der Waals surface area contributed by atoms with Gasteiger partial charge >= 0.3 is 18.0 Å². The van der Waals surface area contributed by atoms with E-state index in [9.17, 15) is 35.6 Å². The fraction of sp³-hybridized carbons (Fsp3) is 0.0370. The summed E-state index contributed by atoms with van der Waals surface area (Å²) in [5, 5.41) is 47.9. The summed E-state index contributed by atoms with van der Waals surface area (Å²) in [6.07, 6.45) is 0. The molecule has 0 bridgehead atoms. The highest BCUT2D eigenvalue weighted by Crippen LogP contribution is 2.42. The van der Waals surface area contributed by atoms with Crippen molar-refractivity contribution in [2.75, 3.05) is 0 Å². The van der Waals surface area contributed by atoms with Gasteiger partial charge in [-0.1, -0.05) is 23.2 Å². The Bertz CT molecular complexity index is 1860. The highest BCUT2D eigenvalue weighted by Gasteiger charge is 2.29. The number of nitrogens with zero attached hydrogens (tertiary/aromatic N) is 4. The van der Waals surface area contributed by atoms with Crippen molar-refractivity contribution in [2.45, 2.75) is 6.04 Å². The molecule has 1 aliphatic rings. The third-order valence-corrected chi connectivity index (χ3v) is 6.37. The number of carbonyl (C=O) groups is 2. The van der Waals surface area contributed by atoms with Crippen LogP contribution in [0.5, 0.6) is 11.5 Å². The average Bonchev–Trinajstić information content (AvgIpc) is 2.89. The minimum atomic E-state index is -1.34. The second-order valence-corrected chi connectivity index (χ2v) is 8.62. The maximum atomic E-state index is 12.2. The Morgan fingerprint density at radius 2 is 1.63 bits per heavy atom. The van der Waals surface area contributed by atoms with Gasteiger partial charge in [-0.2, -0.15) is 15.8 Å². The monoisotopic (exact) mass is 540 g/mol. The molecule has 182 valence electrons. The molecule has 0 aliphatic carbocycles. The molecule has 1 atom stereocenters. The summed E-state index contributed by atoms with van der Waals surface area (Å²) in [6.45, 7) is 7.30. The van der Waals surface area contributed by atoms with Gasteiger partial charge in [-0.25, -0.2) is 16.2 Å². The zero-order valence-corrected chi connectivity index (χ0v) is 20.3. The van der Waals surface area contributed by atoms with Gasteiger partial charge < -0.3 is 14.9 Å². The Hall–Kier alpha value is -5.32. The Labute approximate surface area is 224 Å². The van der Waals surface area contributed by atoms with E-state index in [1.165, 1.54) is 30.3 Å². The van der Waals surface area contributed by atoms with E-state index >= 15 is 0 Å². The van der Waals surface area contributed by atoms with Gasteiger partial charge in [0.1, 0.15) is 29.2 Å². The fourth-order valence-corrected chi connectivity index (χ4v) is 4.55. The number of carboxylic acids is 2. The number of hydrogen-bond donors (Lipinski definition) is 2. The van der Waals surface area contributed by atoms with Crippen LogP contribution in [0.1, 0.15) is 43.4 Å². The molecular weight excluding hydrogens is 531 g/mol. The molecule has 0 saturated carbocycles. The van der Waals surface area contributed by atoms with Gasteiger partial charge in [-0.15, -0.1) is 0 Å². The summed E-state index contributed by atoms with van der Waals surface area (Å²) in [4.78, 5) is 27.2. The van der Waals surface area contributed by atoms with Crippen molar-refractivity contribution in [3.05, 3.63) is 102 Å². The van der Waals surface area contributed by atoms with Crippen molar-refractivity contribution in [1.29, 1.82) is 15.8 Å². The van der Waals surface area contributed by atoms with Gasteiger partial charge in [0, 0.05) is 21.6 Å². The standard InChI is InChI=1S/C27H10Cl2N4O5/c1-33-22(11-32)17-8-24-19(6-21(17)29)25(16-4-12(26(34)35)2-3-14(16)27(36)37)18-5-20(28)15(7-23(18)38-24)13(9-30)10-31/h2-8,22H,(H,34,35)(H,36,37). The molecule has 3 aromatic rings. The molecule has 1 unspecified atom stereocenters.